The highest BCUT2D eigenvalue weighted by molar-refractivity contribution is 5.95. The molecule has 1 fully saturated rings. The first-order valence-electron chi connectivity index (χ1n) is 9.55. The summed E-state index contributed by atoms with van der Waals surface area (Å²) in [4.78, 5) is 32.0. The Kier molecular flexibility index (Phi) is 5.24. The second-order valence-corrected chi connectivity index (χ2v) is 7.02. The van der Waals surface area contributed by atoms with Crippen LogP contribution < -0.4 is 0 Å². The van der Waals surface area contributed by atoms with Crippen LogP contribution in [0.2, 0.25) is 0 Å². The van der Waals surface area contributed by atoms with Gasteiger partial charge in [0.2, 0.25) is 5.91 Å². The summed E-state index contributed by atoms with van der Waals surface area (Å²) in [6.07, 6.45) is 4.07. The number of hydrogen-bond donors (Lipinski definition) is 1. The van der Waals surface area contributed by atoms with Crippen molar-refractivity contribution < 1.29 is 9.59 Å². The Hall–Kier alpha value is -3.34. The van der Waals surface area contributed by atoms with Crippen LogP contribution in [0.25, 0.3) is 11.1 Å². The number of hydrogen-bond acceptors (Lipinski definition) is 2. The number of H-pyrrole nitrogens is 1. The Labute approximate surface area is 164 Å². The molecule has 5 heteroatoms. The van der Waals surface area contributed by atoms with E-state index in [1.165, 1.54) is 0 Å². The lowest BCUT2D eigenvalue weighted by Crippen LogP contribution is -2.51. The smallest absolute Gasteiger partial charge is 0.253 e. The van der Waals surface area contributed by atoms with Gasteiger partial charge in [0.05, 0.1) is 6.42 Å². The molecule has 142 valence electrons. The summed E-state index contributed by atoms with van der Waals surface area (Å²) in [5, 5.41) is 0. The van der Waals surface area contributed by atoms with E-state index in [1.54, 1.807) is 0 Å². The lowest BCUT2D eigenvalue weighted by molar-refractivity contribution is -0.131. The Morgan fingerprint density at radius 2 is 1.54 bits per heavy atom. The number of carbonyl (C=O) groups is 2. The summed E-state index contributed by atoms with van der Waals surface area (Å²) in [5.74, 6) is 0.133. The molecule has 1 saturated heterocycles. The number of rotatable bonds is 4. The fourth-order valence-electron chi connectivity index (χ4n) is 3.56. The van der Waals surface area contributed by atoms with Gasteiger partial charge in [0.15, 0.2) is 0 Å². The minimum atomic E-state index is 0.0236. The molecule has 2 heterocycles. The first-order chi connectivity index (χ1) is 13.7. The van der Waals surface area contributed by atoms with Gasteiger partial charge in [0, 0.05) is 44.1 Å². The van der Waals surface area contributed by atoms with Gasteiger partial charge < -0.3 is 14.8 Å². The van der Waals surface area contributed by atoms with Crippen molar-refractivity contribution in [2.24, 2.45) is 0 Å². The van der Waals surface area contributed by atoms with Crippen molar-refractivity contribution in [2.45, 2.75) is 6.42 Å². The zero-order valence-corrected chi connectivity index (χ0v) is 15.7. The van der Waals surface area contributed by atoms with Gasteiger partial charge in [0.1, 0.15) is 0 Å². The normalized spacial score (nSPS) is 14.1. The molecule has 4 rings (SSSR count). The van der Waals surface area contributed by atoms with Gasteiger partial charge in [-0.1, -0.05) is 42.5 Å². The van der Waals surface area contributed by atoms with Crippen LogP contribution in [-0.4, -0.2) is 52.8 Å². The minimum Gasteiger partial charge on any atom is -0.367 e. The number of piperazine rings is 1. The highest BCUT2D eigenvalue weighted by Crippen LogP contribution is 2.21. The topological polar surface area (TPSA) is 56.4 Å². The van der Waals surface area contributed by atoms with Crippen LogP contribution in [0, 0.1) is 0 Å². The molecule has 1 aliphatic rings. The largest absolute Gasteiger partial charge is 0.367 e. The molecule has 28 heavy (non-hydrogen) atoms. The van der Waals surface area contributed by atoms with Gasteiger partial charge in [0.25, 0.3) is 5.91 Å². The third kappa shape index (κ3) is 3.98. The molecular weight excluding hydrogens is 350 g/mol. The van der Waals surface area contributed by atoms with E-state index in [0.717, 1.165) is 16.7 Å². The number of aromatic nitrogens is 1. The second kappa shape index (κ2) is 8.13. The molecule has 0 bridgehead atoms. The van der Waals surface area contributed by atoms with Crippen molar-refractivity contribution in [3.8, 4) is 11.1 Å². The fourth-order valence-corrected chi connectivity index (χ4v) is 3.56. The number of carbonyl (C=O) groups excluding carboxylic acids is 2. The van der Waals surface area contributed by atoms with Crippen LogP contribution in [0.4, 0.5) is 0 Å². The maximum atomic E-state index is 12.9. The molecular formula is C23H23N3O2. The highest BCUT2D eigenvalue weighted by atomic mass is 16.2. The third-order valence-corrected chi connectivity index (χ3v) is 5.15. The van der Waals surface area contributed by atoms with E-state index in [1.807, 2.05) is 82.9 Å². The summed E-state index contributed by atoms with van der Waals surface area (Å²) in [5.41, 5.74) is 3.80. The monoisotopic (exact) mass is 373 g/mol. The Morgan fingerprint density at radius 3 is 2.25 bits per heavy atom. The molecule has 0 aliphatic carbocycles. The summed E-state index contributed by atoms with van der Waals surface area (Å²) in [7, 11) is 0. The molecule has 1 aromatic heterocycles. The van der Waals surface area contributed by atoms with E-state index in [-0.39, 0.29) is 11.8 Å². The van der Waals surface area contributed by atoms with Crippen LogP contribution in [0.1, 0.15) is 15.9 Å². The Bertz CT molecular complexity index is 943. The molecule has 5 nitrogen and oxygen atoms in total. The van der Waals surface area contributed by atoms with E-state index < -0.39 is 0 Å². The van der Waals surface area contributed by atoms with Gasteiger partial charge >= 0.3 is 0 Å². The predicted molar refractivity (Wildman–Crippen MR) is 109 cm³/mol. The van der Waals surface area contributed by atoms with Gasteiger partial charge in [-0.2, -0.15) is 0 Å². The number of nitrogens with one attached hydrogen (secondary N) is 1. The van der Waals surface area contributed by atoms with Crippen LogP contribution in [-0.2, 0) is 11.2 Å². The molecule has 0 radical (unpaired) electrons. The maximum absolute atomic E-state index is 12.9. The van der Waals surface area contributed by atoms with Crippen LogP contribution in [0.15, 0.2) is 73.1 Å². The number of aromatic amines is 1. The second-order valence-electron chi connectivity index (χ2n) is 7.02. The van der Waals surface area contributed by atoms with E-state index in [2.05, 4.69) is 4.98 Å². The summed E-state index contributed by atoms with van der Waals surface area (Å²) in [6, 6.07) is 19.7. The van der Waals surface area contributed by atoms with Crippen molar-refractivity contribution in [1.82, 2.24) is 14.8 Å². The van der Waals surface area contributed by atoms with Gasteiger partial charge in [-0.15, -0.1) is 0 Å². The predicted octanol–water partition coefficient (Wildman–Crippen LogP) is 3.21. The van der Waals surface area contributed by atoms with Gasteiger partial charge in [-0.25, -0.2) is 0 Å². The van der Waals surface area contributed by atoms with E-state index in [0.29, 0.717) is 38.2 Å². The maximum Gasteiger partial charge on any atom is 0.253 e. The molecule has 3 aromatic rings. The Balaban J connectivity index is 1.38. The number of benzene rings is 2. The number of amides is 2. The Morgan fingerprint density at radius 1 is 0.821 bits per heavy atom. The molecule has 2 aromatic carbocycles. The lowest BCUT2D eigenvalue weighted by Gasteiger charge is -2.35. The third-order valence-electron chi connectivity index (χ3n) is 5.15. The van der Waals surface area contributed by atoms with Crippen LogP contribution in [0.3, 0.4) is 0 Å². The van der Waals surface area contributed by atoms with Gasteiger partial charge in [-0.3, -0.25) is 9.59 Å². The fraction of sp³-hybridized carbons (Fsp3) is 0.217. The quantitative estimate of drug-likeness (QED) is 0.763. The van der Waals surface area contributed by atoms with Gasteiger partial charge in [-0.05, 0) is 34.9 Å². The zero-order valence-electron chi connectivity index (χ0n) is 15.7. The van der Waals surface area contributed by atoms with E-state index in [9.17, 15) is 9.59 Å². The molecule has 1 aliphatic heterocycles. The highest BCUT2D eigenvalue weighted by Gasteiger charge is 2.25. The standard InChI is InChI=1S/C23H23N3O2/c27-22(15-18-9-10-24-17-18)25-11-13-26(14-12-25)23(28)21-8-4-7-20(16-21)19-5-2-1-3-6-19/h1-10,16-17,24H,11-15H2. The zero-order chi connectivity index (χ0) is 19.3. The van der Waals surface area contributed by atoms with Crippen molar-refractivity contribution in [3.05, 3.63) is 84.2 Å². The van der Waals surface area contributed by atoms with E-state index in [4.69, 9.17) is 0 Å². The van der Waals surface area contributed by atoms with Crippen molar-refractivity contribution >= 4 is 11.8 Å². The summed E-state index contributed by atoms with van der Waals surface area (Å²) < 4.78 is 0. The molecule has 0 atom stereocenters. The number of nitrogens with zero attached hydrogens (tertiary/aromatic N) is 2. The molecule has 0 spiro atoms. The van der Waals surface area contributed by atoms with Crippen molar-refractivity contribution in [1.29, 1.82) is 0 Å². The minimum absolute atomic E-state index is 0.0236. The molecule has 1 N–H and O–H groups in total. The summed E-state index contributed by atoms with van der Waals surface area (Å²) in [6.45, 7) is 2.28. The first-order valence-corrected chi connectivity index (χ1v) is 9.55. The van der Waals surface area contributed by atoms with Crippen LogP contribution in [0.5, 0.6) is 0 Å². The average molecular weight is 373 g/mol. The van der Waals surface area contributed by atoms with E-state index >= 15 is 0 Å². The molecule has 0 saturated carbocycles. The molecule has 2 amide bonds. The lowest BCUT2D eigenvalue weighted by atomic mass is 10.0. The first kappa shape index (κ1) is 18.0. The molecule has 0 unspecified atom stereocenters. The van der Waals surface area contributed by atoms with Crippen molar-refractivity contribution in [2.75, 3.05) is 26.2 Å². The van der Waals surface area contributed by atoms with Crippen molar-refractivity contribution in [3.63, 3.8) is 0 Å². The average Bonchev–Trinajstić information content (AvgIpc) is 3.27. The van der Waals surface area contributed by atoms with Crippen LogP contribution >= 0.6 is 0 Å². The summed E-state index contributed by atoms with van der Waals surface area (Å²) >= 11 is 0. The SMILES string of the molecule is O=C(Cc1cc[nH]c1)N1CCN(C(=O)c2cccc(-c3ccccc3)c2)CC1.